The van der Waals surface area contributed by atoms with E-state index >= 15 is 0 Å². The summed E-state index contributed by atoms with van der Waals surface area (Å²) in [6.45, 7) is 4.35. The van der Waals surface area contributed by atoms with Crippen molar-refractivity contribution in [1.82, 2.24) is 15.1 Å². The largest absolute Gasteiger partial charge is 0.340 e. The topological polar surface area (TPSA) is 52.7 Å². The lowest BCUT2D eigenvalue weighted by atomic mass is 10.1. The fourth-order valence-electron chi connectivity index (χ4n) is 3.04. The van der Waals surface area contributed by atoms with E-state index in [1.165, 1.54) is 0 Å². The van der Waals surface area contributed by atoms with Crippen molar-refractivity contribution >= 4 is 11.8 Å². The molecule has 2 amide bonds. The smallest absolute Gasteiger partial charge is 0.228 e. The second-order valence-electron chi connectivity index (χ2n) is 5.74. The molecule has 2 heterocycles. The fraction of sp³-hybridized carbons (Fsp3) is 0.500. The minimum absolute atomic E-state index is 0.0901. The molecular formula is C16H21N3O2. The van der Waals surface area contributed by atoms with E-state index in [1.54, 1.807) is 4.90 Å². The number of carbonyl (C=O) groups is 2. The van der Waals surface area contributed by atoms with Gasteiger partial charge in [0, 0.05) is 45.7 Å². The normalized spacial score (nSPS) is 22.7. The number of rotatable bonds is 3. The first-order valence-corrected chi connectivity index (χ1v) is 7.55. The van der Waals surface area contributed by atoms with Gasteiger partial charge in [-0.3, -0.25) is 9.59 Å². The molecule has 5 nitrogen and oxygen atoms in total. The second-order valence-corrected chi connectivity index (χ2v) is 5.74. The molecule has 1 aromatic rings. The van der Waals surface area contributed by atoms with Gasteiger partial charge in [-0.25, -0.2) is 0 Å². The molecule has 5 heteroatoms. The van der Waals surface area contributed by atoms with Gasteiger partial charge in [-0.1, -0.05) is 30.3 Å². The van der Waals surface area contributed by atoms with Gasteiger partial charge in [0.1, 0.15) is 0 Å². The maximum Gasteiger partial charge on any atom is 0.228 e. The van der Waals surface area contributed by atoms with Crippen LogP contribution in [0.15, 0.2) is 30.3 Å². The average Bonchev–Trinajstić information content (AvgIpc) is 2.89. The Kier molecular flexibility index (Phi) is 4.20. The van der Waals surface area contributed by atoms with Gasteiger partial charge in [-0.05, 0) is 5.56 Å². The van der Waals surface area contributed by atoms with Gasteiger partial charge in [0.25, 0.3) is 0 Å². The van der Waals surface area contributed by atoms with Crippen LogP contribution in [0.2, 0.25) is 0 Å². The highest BCUT2D eigenvalue weighted by Gasteiger charge is 2.36. The predicted octanol–water partition coefficient (Wildman–Crippen LogP) is 0.467. The van der Waals surface area contributed by atoms with E-state index in [9.17, 15) is 9.59 Å². The number of likely N-dealkylation sites (tertiary alicyclic amines) is 1. The Morgan fingerprint density at radius 2 is 1.90 bits per heavy atom. The van der Waals surface area contributed by atoms with E-state index in [0.29, 0.717) is 19.5 Å². The van der Waals surface area contributed by atoms with Gasteiger partial charge in [-0.15, -0.1) is 0 Å². The van der Waals surface area contributed by atoms with Gasteiger partial charge in [0.2, 0.25) is 11.8 Å². The molecule has 0 bridgehead atoms. The number of nitrogens with one attached hydrogen (secondary N) is 1. The van der Waals surface area contributed by atoms with E-state index in [1.807, 2.05) is 35.2 Å². The molecule has 2 fully saturated rings. The van der Waals surface area contributed by atoms with Crippen molar-refractivity contribution in [3.05, 3.63) is 35.9 Å². The molecule has 21 heavy (non-hydrogen) atoms. The van der Waals surface area contributed by atoms with Crippen LogP contribution in [0.5, 0.6) is 0 Å². The highest BCUT2D eigenvalue weighted by atomic mass is 16.2. The molecule has 3 rings (SSSR count). The third kappa shape index (κ3) is 3.24. The van der Waals surface area contributed by atoms with Crippen LogP contribution in [0.4, 0.5) is 0 Å². The standard InChI is InChI=1S/C16H21N3O2/c20-15-10-14(16(21)18-8-6-17-7-9-18)12-19(15)11-13-4-2-1-3-5-13/h1-5,14,17H,6-12H2/t14-/m0/s1. The van der Waals surface area contributed by atoms with Crippen molar-refractivity contribution in [2.45, 2.75) is 13.0 Å². The molecule has 1 aromatic carbocycles. The van der Waals surface area contributed by atoms with Gasteiger partial charge >= 0.3 is 0 Å². The zero-order chi connectivity index (χ0) is 14.7. The van der Waals surface area contributed by atoms with Crippen LogP contribution in [-0.2, 0) is 16.1 Å². The van der Waals surface area contributed by atoms with E-state index in [0.717, 1.165) is 31.7 Å². The van der Waals surface area contributed by atoms with Crippen molar-refractivity contribution in [2.24, 2.45) is 5.92 Å². The van der Waals surface area contributed by atoms with Crippen LogP contribution in [0, 0.1) is 5.92 Å². The number of nitrogens with zero attached hydrogens (tertiary/aromatic N) is 2. The lowest BCUT2D eigenvalue weighted by molar-refractivity contribution is -0.136. The number of carbonyl (C=O) groups excluding carboxylic acids is 2. The van der Waals surface area contributed by atoms with Crippen molar-refractivity contribution in [3.8, 4) is 0 Å². The van der Waals surface area contributed by atoms with E-state index < -0.39 is 0 Å². The summed E-state index contributed by atoms with van der Waals surface area (Å²) in [6, 6.07) is 9.93. The maximum atomic E-state index is 12.5. The number of hydrogen-bond donors (Lipinski definition) is 1. The lowest BCUT2D eigenvalue weighted by Crippen LogP contribution is -2.48. The fourth-order valence-corrected chi connectivity index (χ4v) is 3.04. The zero-order valence-electron chi connectivity index (χ0n) is 12.1. The molecule has 1 atom stereocenters. The summed E-state index contributed by atoms with van der Waals surface area (Å²) in [7, 11) is 0. The Bertz CT molecular complexity index is 512. The Labute approximate surface area is 124 Å². The summed E-state index contributed by atoms with van der Waals surface area (Å²) < 4.78 is 0. The number of piperazine rings is 1. The highest BCUT2D eigenvalue weighted by Crippen LogP contribution is 2.22. The molecule has 0 radical (unpaired) electrons. The molecule has 2 aliphatic rings. The van der Waals surface area contributed by atoms with Crippen LogP contribution in [0.1, 0.15) is 12.0 Å². The van der Waals surface area contributed by atoms with Gasteiger partial charge in [-0.2, -0.15) is 0 Å². The van der Waals surface area contributed by atoms with Crippen molar-refractivity contribution in [1.29, 1.82) is 0 Å². The molecule has 0 aliphatic carbocycles. The zero-order valence-corrected chi connectivity index (χ0v) is 12.1. The molecule has 2 aliphatic heterocycles. The minimum Gasteiger partial charge on any atom is -0.340 e. The van der Waals surface area contributed by atoms with Crippen molar-refractivity contribution in [3.63, 3.8) is 0 Å². The van der Waals surface area contributed by atoms with Crippen LogP contribution < -0.4 is 5.32 Å². The average molecular weight is 287 g/mol. The van der Waals surface area contributed by atoms with Crippen LogP contribution in [0.25, 0.3) is 0 Å². The summed E-state index contributed by atoms with van der Waals surface area (Å²) in [4.78, 5) is 28.3. The number of amides is 2. The third-order valence-electron chi connectivity index (χ3n) is 4.21. The summed E-state index contributed by atoms with van der Waals surface area (Å²) in [5, 5.41) is 3.24. The van der Waals surface area contributed by atoms with E-state index in [4.69, 9.17) is 0 Å². The first-order chi connectivity index (χ1) is 10.2. The summed E-state index contributed by atoms with van der Waals surface area (Å²) >= 11 is 0. The SMILES string of the molecule is O=C1C[C@H](C(=O)N2CCNCC2)CN1Cc1ccccc1. The van der Waals surface area contributed by atoms with E-state index in [-0.39, 0.29) is 17.7 Å². The molecule has 112 valence electrons. The van der Waals surface area contributed by atoms with Gasteiger partial charge in [0.15, 0.2) is 0 Å². The minimum atomic E-state index is -0.167. The Balaban J connectivity index is 1.60. The molecule has 0 spiro atoms. The lowest BCUT2D eigenvalue weighted by Gasteiger charge is -2.29. The molecular weight excluding hydrogens is 266 g/mol. The molecule has 2 saturated heterocycles. The van der Waals surface area contributed by atoms with Crippen molar-refractivity contribution < 1.29 is 9.59 Å². The molecule has 0 unspecified atom stereocenters. The van der Waals surface area contributed by atoms with Gasteiger partial charge < -0.3 is 15.1 Å². The van der Waals surface area contributed by atoms with Crippen LogP contribution in [0.3, 0.4) is 0 Å². The summed E-state index contributed by atoms with van der Waals surface area (Å²) in [5.41, 5.74) is 1.11. The van der Waals surface area contributed by atoms with Gasteiger partial charge in [0.05, 0.1) is 5.92 Å². The monoisotopic (exact) mass is 287 g/mol. The van der Waals surface area contributed by atoms with Crippen LogP contribution in [-0.4, -0.2) is 54.3 Å². The number of benzene rings is 1. The Morgan fingerprint density at radius 1 is 1.19 bits per heavy atom. The Hall–Kier alpha value is -1.88. The van der Waals surface area contributed by atoms with Crippen LogP contribution >= 0.6 is 0 Å². The third-order valence-corrected chi connectivity index (χ3v) is 4.21. The first-order valence-electron chi connectivity index (χ1n) is 7.55. The highest BCUT2D eigenvalue weighted by molar-refractivity contribution is 5.89. The number of hydrogen-bond acceptors (Lipinski definition) is 3. The van der Waals surface area contributed by atoms with E-state index in [2.05, 4.69) is 5.32 Å². The predicted molar refractivity (Wildman–Crippen MR) is 79.4 cm³/mol. The first kappa shape index (κ1) is 14.1. The second kappa shape index (κ2) is 6.26. The quantitative estimate of drug-likeness (QED) is 0.879. The summed E-state index contributed by atoms with van der Waals surface area (Å²) in [6.07, 6.45) is 0.357. The molecule has 1 N–H and O–H groups in total. The molecule has 0 saturated carbocycles. The maximum absolute atomic E-state index is 12.5. The Morgan fingerprint density at radius 3 is 2.62 bits per heavy atom. The summed E-state index contributed by atoms with van der Waals surface area (Å²) in [5.74, 6) is 0.0621. The van der Waals surface area contributed by atoms with Crippen molar-refractivity contribution in [2.75, 3.05) is 32.7 Å². The molecule has 0 aromatic heterocycles.